The maximum atomic E-state index is 12.7. The van der Waals surface area contributed by atoms with Crippen LogP contribution in [0.5, 0.6) is 0 Å². The van der Waals surface area contributed by atoms with Crippen LogP contribution in [-0.4, -0.2) is 54.3 Å². The predicted octanol–water partition coefficient (Wildman–Crippen LogP) is 3.04. The van der Waals surface area contributed by atoms with Crippen molar-refractivity contribution in [1.82, 2.24) is 9.80 Å². The first kappa shape index (κ1) is 19.4. The molecule has 1 saturated heterocycles. The molecule has 0 aliphatic carbocycles. The van der Waals surface area contributed by atoms with Gasteiger partial charge >= 0.3 is 0 Å². The minimum absolute atomic E-state index is 0.0361. The highest BCUT2D eigenvalue weighted by Gasteiger charge is 2.24. The van der Waals surface area contributed by atoms with Crippen molar-refractivity contribution in [3.63, 3.8) is 0 Å². The number of halogens is 1. The Hall–Kier alpha value is -2.37. The highest BCUT2D eigenvalue weighted by atomic mass is 35.5. The fourth-order valence-corrected chi connectivity index (χ4v) is 3.45. The van der Waals surface area contributed by atoms with Crippen LogP contribution in [0.4, 0.5) is 5.69 Å². The number of hydrogen-bond donors (Lipinski definition) is 0. The molecule has 142 valence electrons. The first-order valence-electron chi connectivity index (χ1n) is 9.10. The van der Waals surface area contributed by atoms with E-state index in [0.717, 1.165) is 19.6 Å². The molecule has 2 aromatic carbocycles. The molecule has 0 N–H and O–H groups in total. The highest BCUT2D eigenvalue weighted by molar-refractivity contribution is 6.30. The topological polar surface area (TPSA) is 43.9 Å². The van der Waals surface area contributed by atoms with Crippen LogP contribution < -0.4 is 4.90 Å². The summed E-state index contributed by atoms with van der Waals surface area (Å²) in [5, 5.41) is 0.542. The summed E-state index contributed by atoms with van der Waals surface area (Å²) in [5.41, 5.74) is 1.92. The van der Waals surface area contributed by atoms with E-state index in [1.54, 1.807) is 24.3 Å². The summed E-state index contributed by atoms with van der Waals surface area (Å²) in [6, 6.07) is 17.4. The van der Waals surface area contributed by atoms with Gasteiger partial charge in [-0.3, -0.25) is 14.5 Å². The molecule has 0 bridgehead atoms. The molecule has 0 atom stereocenters. The molecule has 0 radical (unpaired) electrons. The Morgan fingerprint density at radius 3 is 2.33 bits per heavy atom. The van der Waals surface area contributed by atoms with Crippen LogP contribution in [0.15, 0.2) is 54.6 Å². The first-order valence-corrected chi connectivity index (χ1v) is 9.48. The summed E-state index contributed by atoms with van der Waals surface area (Å²) in [6.07, 6.45) is 0. The number of carbonyl (C=O) groups is 2. The number of rotatable bonds is 5. The first-order chi connectivity index (χ1) is 13.0. The van der Waals surface area contributed by atoms with Crippen molar-refractivity contribution >= 4 is 29.1 Å². The van der Waals surface area contributed by atoms with Gasteiger partial charge in [0.2, 0.25) is 11.8 Å². The number of anilines is 1. The average Bonchev–Trinajstić information content (AvgIpc) is 2.67. The second-order valence-corrected chi connectivity index (χ2v) is 7.16. The van der Waals surface area contributed by atoms with Crippen molar-refractivity contribution in [3.8, 4) is 0 Å². The van der Waals surface area contributed by atoms with Crippen molar-refractivity contribution in [2.45, 2.75) is 13.5 Å². The van der Waals surface area contributed by atoms with Gasteiger partial charge in [0.15, 0.2) is 0 Å². The van der Waals surface area contributed by atoms with Gasteiger partial charge in [-0.1, -0.05) is 48.0 Å². The number of carbonyl (C=O) groups excluding carboxylic acids is 2. The Bertz CT molecular complexity index is 789. The molecule has 5 nitrogen and oxygen atoms in total. The number of nitrogens with zero attached hydrogens (tertiary/aromatic N) is 3. The molecular formula is C21H24ClN3O2. The third-order valence-electron chi connectivity index (χ3n) is 4.77. The van der Waals surface area contributed by atoms with E-state index in [0.29, 0.717) is 23.8 Å². The summed E-state index contributed by atoms with van der Waals surface area (Å²) < 4.78 is 0. The van der Waals surface area contributed by atoms with E-state index in [9.17, 15) is 9.59 Å². The van der Waals surface area contributed by atoms with Crippen LogP contribution in [0.3, 0.4) is 0 Å². The lowest BCUT2D eigenvalue weighted by molar-refractivity contribution is -0.132. The Kier molecular flexibility index (Phi) is 6.48. The van der Waals surface area contributed by atoms with Crippen LogP contribution in [-0.2, 0) is 16.1 Å². The maximum Gasteiger partial charge on any atom is 0.242 e. The Morgan fingerprint density at radius 1 is 1.00 bits per heavy atom. The van der Waals surface area contributed by atoms with E-state index in [-0.39, 0.29) is 18.4 Å². The Morgan fingerprint density at radius 2 is 1.70 bits per heavy atom. The van der Waals surface area contributed by atoms with E-state index >= 15 is 0 Å². The molecule has 3 rings (SSSR count). The zero-order valence-electron chi connectivity index (χ0n) is 15.5. The summed E-state index contributed by atoms with van der Waals surface area (Å²) >= 11 is 6.02. The Balaban J connectivity index is 1.56. The standard InChI is InChI=1S/C21H24ClN3O2/c1-17(26)25(20-9-5-8-19(22)14-20)16-21(27)24-12-10-23(11-13-24)15-18-6-3-2-4-7-18/h2-9,14H,10-13,15-16H2,1H3. The zero-order chi connectivity index (χ0) is 19.2. The van der Waals surface area contributed by atoms with Crippen LogP contribution in [0.25, 0.3) is 0 Å². The van der Waals surface area contributed by atoms with Crippen molar-refractivity contribution in [3.05, 3.63) is 65.2 Å². The summed E-state index contributed by atoms with van der Waals surface area (Å²) in [7, 11) is 0. The quantitative estimate of drug-likeness (QED) is 0.794. The molecule has 1 fully saturated rings. The van der Waals surface area contributed by atoms with Crippen LogP contribution in [0.1, 0.15) is 12.5 Å². The summed E-state index contributed by atoms with van der Waals surface area (Å²) in [6.45, 7) is 5.40. The van der Waals surface area contributed by atoms with E-state index in [4.69, 9.17) is 11.6 Å². The van der Waals surface area contributed by atoms with E-state index in [1.807, 2.05) is 23.1 Å². The van der Waals surface area contributed by atoms with Crippen molar-refractivity contribution in [1.29, 1.82) is 0 Å². The van der Waals surface area contributed by atoms with Crippen molar-refractivity contribution in [2.24, 2.45) is 0 Å². The largest absolute Gasteiger partial charge is 0.339 e. The number of amides is 2. The second-order valence-electron chi connectivity index (χ2n) is 6.73. The molecule has 1 aliphatic heterocycles. The molecule has 0 aromatic heterocycles. The van der Waals surface area contributed by atoms with E-state index in [2.05, 4.69) is 17.0 Å². The Labute approximate surface area is 165 Å². The number of hydrogen-bond acceptors (Lipinski definition) is 3. The van der Waals surface area contributed by atoms with Gasteiger partial charge in [-0.2, -0.15) is 0 Å². The molecule has 2 aromatic rings. The molecule has 1 aliphatic rings. The normalized spacial score (nSPS) is 14.8. The highest BCUT2D eigenvalue weighted by Crippen LogP contribution is 2.20. The zero-order valence-corrected chi connectivity index (χ0v) is 16.2. The van der Waals surface area contributed by atoms with Gasteiger partial charge in [-0.15, -0.1) is 0 Å². The van der Waals surface area contributed by atoms with Gasteiger partial charge in [-0.05, 0) is 23.8 Å². The second kappa shape index (κ2) is 9.02. The van der Waals surface area contributed by atoms with Crippen molar-refractivity contribution in [2.75, 3.05) is 37.6 Å². The van der Waals surface area contributed by atoms with Gasteiger partial charge in [0, 0.05) is 50.4 Å². The number of benzene rings is 2. The van der Waals surface area contributed by atoms with Crippen LogP contribution >= 0.6 is 11.6 Å². The molecule has 6 heteroatoms. The van der Waals surface area contributed by atoms with Crippen LogP contribution in [0.2, 0.25) is 5.02 Å². The monoisotopic (exact) mass is 385 g/mol. The third-order valence-corrected chi connectivity index (χ3v) is 5.00. The molecule has 0 saturated carbocycles. The van der Waals surface area contributed by atoms with Gasteiger partial charge in [0.25, 0.3) is 0 Å². The minimum Gasteiger partial charge on any atom is -0.339 e. The third kappa shape index (κ3) is 5.31. The molecule has 2 amide bonds. The lowest BCUT2D eigenvalue weighted by Crippen LogP contribution is -2.51. The summed E-state index contributed by atoms with van der Waals surface area (Å²) in [4.78, 5) is 30.4. The smallest absolute Gasteiger partial charge is 0.242 e. The summed E-state index contributed by atoms with van der Waals surface area (Å²) in [5.74, 6) is -0.210. The maximum absolute atomic E-state index is 12.7. The fraction of sp³-hybridized carbons (Fsp3) is 0.333. The van der Waals surface area contributed by atoms with E-state index < -0.39 is 0 Å². The molecule has 27 heavy (non-hydrogen) atoms. The van der Waals surface area contributed by atoms with Crippen molar-refractivity contribution < 1.29 is 9.59 Å². The molecular weight excluding hydrogens is 362 g/mol. The fourth-order valence-electron chi connectivity index (χ4n) is 3.26. The lowest BCUT2D eigenvalue weighted by Gasteiger charge is -2.35. The molecule has 0 spiro atoms. The average molecular weight is 386 g/mol. The van der Waals surface area contributed by atoms with E-state index in [1.165, 1.54) is 17.4 Å². The van der Waals surface area contributed by atoms with Crippen LogP contribution in [0, 0.1) is 0 Å². The van der Waals surface area contributed by atoms with Gasteiger partial charge in [0.1, 0.15) is 6.54 Å². The van der Waals surface area contributed by atoms with Gasteiger partial charge in [0.05, 0.1) is 0 Å². The number of piperazine rings is 1. The predicted molar refractivity (Wildman–Crippen MR) is 108 cm³/mol. The SMILES string of the molecule is CC(=O)N(CC(=O)N1CCN(Cc2ccccc2)CC1)c1cccc(Cl)c1. The minimum atomic E-state index is -0.173. The van der Waals surface area contributed by atoms with Gasteiger partial charge in [-0.25, -0.2) is 0 Å². The van der Waals surface area contributed by atoms with Gasteiger partial charge < -0.3 is 9.80 Å². The molecule has 0 unspecified atom stereocenters. The molecule has 1 heterocycles. The lowest BCUT2D eigenvalue weighted by atomic mass is 10.2.